The molecule has 2 amide bonds. The maximum atomic E-state index is 12.3. The summed E-state index contributed by atoms with van der Waals surface area (Å²) in [6.45, 7) is 2.52. The van der Waals surface area contributed by atoms with Crippen molar-refractivity contribution in [3.63, 3.8) is 0 Å². The van der Waals surface area contributed by atoms with Crippen LogP contribution in [0.3, 0.4) is 0 Å². The van der Waals surface area contributed by atoms with Gasteiger partial charge in [-0.05, 0) is 53.9 Å². The second kappa shape index (κ2) is 7.02. The van der Waals surface area contributed by atoms with Gasteiger partial charge in [-0.2, -0.15) is 0 Å². The van der Waals surface area contributed by atoms with E-state index < -0.39 is 0 Å². The summed E-state index contributed by atoms with van der Waals surface area (Å²) in [5.41, 5.74) is 1.10. The van der Waals surface area contributed by atoms with Crippen LogP contribution in [-0.2, 0) is 4.79 Å². The number of amides is 2. The highest BCUT2D eigenvalue weighted by atomic mass is 32.2. The fraction of sp³-hybridized carbons (Fsp3) is 0.176. The summed E-state index contributed by atoms with van der Waals surface area (Å²) in [7, 11) is 0. The molecule has 1 aromatic carbocycles. The first kappa shape index (κ1) is 15.8. The number of hydrogen-bond donors (Lipinski definition) is 0. The van der Waals surface area contributed by atoms with Crippen LogP contribution in [0.1, 0.15) is 10.4 Å². The molecule has 2 heterocycles. The number of benzene rings is 1. The molecule has 0 N–H and O–H groups in total. The molecule has 2 aromatic rings. The zero-order valence-electron chi connectivity index (χ0n) is 12.5. The number of imide groups is 1. The number of hydrogen-bond acceptors (Lipinski definition) is 5. The second-order valence-corrected chi connectivity index (χ2v) is 6.99. The largest absolute Gasteiger partial charge is 0.492 e. The number of nitrogens with zero attached hydrogens (tertiary/aromatic N) is 1. The van der Waals surface area contributed by atoms with Crippen LogP contribution in [0.15, 0.2) is 46.7 Å². The van der Waals surface area contributed by atoms with Crippen LogP contribution in [0.4, 0.5) is 4.79 Å². The van der Waals surface area contributed by atoms with E-state index in [4.69, 9.17) is 4.74 Å². The van der Waals surface area contributed by atoms with Crippen LogP contribution in [-0.4, -0.2) is 29.2 Å². The first-order valence-corrected chi connectivity index (χ1v) is 8.81. The molecule has 6 heteroatoms. The number of carbonyl (C=O) groups is 2. The Morgan fingerprint density at radius 1 is 1.22 bits per heavy atom. The Labute approximate surface area is 142 Å². The van der Waals surface area contributed by atoms with Gasteiger partial charge in [0.1, 0.15) is 12.4 Å². The standard InChI is InChI=1S/C17H15NO3S2/c1-12-4-2-5-13(10-12)21-8-7-18-16(19)15(23-17(18)20)11-14-6-3-9-22-14/h2-6,9-11H,7-8H2,1H3/b15-11-. The van der Waals surface area contributed by atoms with Crippen molar-refractivity contribution >= 4 is 40.3 Å². The molecule has 0 atom stereocenters. The molecule has 1 aliphatic heterocycles. The minimum Gasteiger partial charge on any atom is -0.492 e. The Balaban J connectivity index is 1.60. The predicted octanol–water partition coefficient (Wildman–Crippen LogP) is 4.17. The molecule has 0 radical (unpaired) electrons. The highest BCUT2D eigenvalue weighted by Gasteiger charge is 2.34. The maximum Gasteiger partial charge on any atom is 0.293 e. The van der Waals surface area contributed by atoms with Gasteiger partial charge in [-0.25, -0.2) is 0 Å². The predicted molar refractivity (Wildman–Crippen MR) is 93.7 cm³/mol. The third-order valence-corrected chi connectivity index (χ3v) is 4.99. The van der Waals surface area contributed by atoms with Gasteiger partial charge in [-0.3, -0.25) is 14.5 Å². The van der Waals surface area contributed by atoms with Gasteiger partial charge in [-0.15, -0.1) is 11.3 Å². The lowest BCUT2D eigenvalue weighted by Gasteiger charge is -2.13. The molecular weight excluding hydrogens is 330 g/mol. The number of rotatable bonds is 5. The van der Waals surface area contributed by atoms with Gasteiger partial charge in [0.2, 0.25) is 0 Å². The van der Waals surface area contributed by atoms with Crippen molar-refractivity contribution in [2.45, 2.75) is 6.92 Å². The van der Waals surface area contributed by atoms with Gasteiger partial charge in [0, 0.05) is 4.88 Å². The number of carbonyl (C=O) groups excluding carboxylic acids is 2. The molecular formula is C17H15NO3S2. The summed E-state index contributed by atoms with van der Waals surface area (Å²) in [5, 5.41) is 1.69. The third kappa shape index (κ3) is 3.83. The first-order chi connectivity index (χ1) is 11.1. The van der Waals surface area contributed by atoms with E-state index in [0.29, 0.717) is 4.91 Å². The number of aryl methyl sites for hydroxylation is 1. The third-order valence-electron chi connectivity index (χ3n) is 3.26. The first-order valence-electron chi connectivity index (χ1n) is 7.12. The van der Waals surface area contributed by atoms with Crippen molar-refractivity contribution in [2.75, 3.05) is 13.2 Å². The average molecular weight is 345 g/mol. The van der Waals surface area contributed by atoms with E-state index in [2.05, 4.69) is 0 Å². The highest BCUT2D eigenvalue weighted by Crippen LogP contribution is 2.32. The molecule has 1 aliphatic rings. The van der Waals surface area contributed by atoms with Gasteiger partial charge in [0.25, 0.3) is 11.1 Å². The van der Waals surface area contributed by atoms with Crippen LogP contribution < -0.4 is 4.74 Å². The molecule has 4 nitrogen and oxygen atoms in total. The van der Waals surface area contributed by atoms with Crippen LogP contribution in [0.2, 0.25) is 0 Å². The molecule has 0 bridgehead atoms. The van der Waals surface area contributed by atoms with Crippen LogP contribution in [0.5, 0.6) is 5.75 Å². The van der Waals surface area contributed by atoms with Gasteiger partial charge in [0.15, 0.2) is 0 Å². The molecule has 0 saturated carbocycles. The maximum absolute atomic E-state index is 12.3. The van der Waals surface area contributed by atoms with Crippen molar-refractivity contribution in [1.29, 1.82) is 0 Å². The SMILES string of the molecule is Cc1cccc(OCCN2C(=O)S/C(=C\c3cccs3)C2=O)c1. The van der Waals surface area contributed by atoms with Crippen LogP contribution in [0, 0.1) is 6.92 Å². The minimum atomic E-state index is -0.249. The molecule has 3 rings (SSSR count). The van der Waals surface area contributed by atoms with E-state index in [1.807, 2.05) is 48.7 Å². The molecule has 1 aromatic heterocycles. The van der Waals surface area contributed by atoms with Crippen molar-refractivity contribution in [2.24, 2.45) is 0 Å². The molecule has 1 saturated heterocycles. The second-order valence-electron chi connectivity index (χ2n) is 5.01. The quantitative estimate of drug-likeness (QED) is 0.763. The van der Waals surface area contributed by atoms with Gasteiger partial charge in [-0.1, -0.05) is 18.2 Å². The molecule has 1 fully saturated rings. The summed E-state index contributed by atoms with van der Waals surface area (Å²) in [6, 6.07) is 11.5. The zero-order valence-corrected chi connectivity index (χ0v) is 14.2. The summed E-state index contributed by atoms with van der Waals surface area (Å²) >= 11 is 2.51. The van der Waals surface area contributed by atoms with E-state index in [-0.39, 0.29) is 24.3 Å². The van der Waals surface area contributed by atoms with Crippen molar-refractivity contribution in [3.05, 3.63) is 57.1 Å². The lowest BCUT2D eigenvalue weighted by atomic mass is 10.2. The van der Waals surface area contributed by atoms with E-state index in [0.717, 1.165) is 28.0 Å². The van der Waals surface area contributed by atoms with Gasteiger partial charge in [0.05, 0.1) is 11.4 Å². The van der Waals surface area contributed by atoms with Crippen LogP contribution >= 0.6 is 23.1 Å². The Kier molecular flexibility index (Phi) is 4.83. The van der Waals surface area contributed by atoms with Gasteiger partial charge < -0.3 is 4.74 Å². The average Bonchev–Trinajstić information content (AvgIpc) is 3.11. The summed E-state index contributed by atoms with van der Waals surface area (Å²) < 4.78 is 5.61. The van der Waals surface area contributed by atoms with Crippen LogP contribution in [0.25, 0.3) is 6.08 Å². The Morgan fingerprint density at radius 3 is 2.83 bits per heavy atom. The van der Waals surface area contributed by atoms with E-state index in [1.165, 1.54) is 16.2 Å². The monoisotopic (exact) mass is 345 g/mol. The fourth-order valence-electron chi connectivity index (χ4n) is 2.16. The normalized spacial score (nSPS) is 16.4. The van der Waals surface area contributed by atoms with Crippen molar-refractivity contribution in [1.82, 2.24) is 4.90 Å². The molecule has 0 unspecified atom stereocenters. The summed E-state index contributed by atoms with van der Waals surface area (Å²) in [6.07, 6.45) is 1.76. The highest BCUT2D eigenvalue weighted by molar-refractivity contribution is 8.18. The minimum absolute atomic E-state index is 0.245. The lowest BCUT2D eigenvalue weighted by molar-refractivity contribution is -0.123. The topological polar surface area (TPSA) is 46.6 Å². The van der Waals surface area contributed by atoms with E-state index >= 15 is 0 Å². The molecule has 118 valence electrons. The molecule has 0 spiro atoms. The van der Waals surface area contributed by atoms with Crippen molar-refractivity contribution < 1.29 is 14.3 Å². The molecule has 0 aliphatic carbocycles. The Morgan fingerprint density at radius 2 is 2.09 bits per heavy atom. The zero-order chi connectivity index (χ0) is 16.2. The Hall–Kier alpha value is -2.05. The fourth-order valence-corrected chi connectivity index (χ4v) is 3.74. The Bertz CT molecular complexity index is 753. The van der Waals surface area contributed by atoms with Gasteiger partial charge >= 0.3 is 0 Å². The van der Waals surface area contributed by atoms with Crippen molar-refractivity contribution in [3.8, 4) is 5.75 Å². The number of thioether (sulfide) groups is 1. The summed E-state index contributed by atoms with van der Waals surface area (Å²) in [4.78, 5) is 27.0. The summed E-state index contributed by atoms with van der Waals surface area (Å²) in [5.74, 6) is 0.493. The molecule has 23 heavy (non-hydrogen) atoms. The van der Waals surface area contributed by atoms with E-state index in [1.54, 1.807) is 6.08 Å². The number of ether oxygens (including phenoxy) is 1. The smallest absolute Gasteiger partial charge is 0.293 e. The lowest BCUT2D eigenvalue weighted by Crippen LogP contribution is -2.32. The van der Waals surface area contributed by atoms with E-state index in [9.17, 15) is 9.59 Å². The number of thiophene rings is 1.